The molecular formula is C13H15BrN2S. The standard InChI is InChI=1S/C13H15BrN2S/c1-9-8-10(2-4-12(9)15)16-7-6-11-3-5-13(14)17-11/h2-5,8,16H,6-7,15H2,1H3. The van der Waals surface area contributed by atoms with Crippen LogP contribution in [0.25, 0.3) is 0 Å². The second kappa shape index (κ2) is 5.56. The van der Waals surface area contributed by atoms with Gasteiger partial charge < -0.3 is 11.1 Å². The maximum atomic E-state index is 5.78. The number of halogens is 1. The predicted octanol–water partition coefficient (Wildman–Crippen LogP) is 4.06. The van der Waals surface area contributed by atoms with Crippen molar-refractivity contribution in [3.8, 4) is 0 Å². The van der Waals surface area contributed by atoms with E-state index in [2.05, 4.69) is 39.4 Å². The normalized spacial score (nSPS) is 10.5. The minimum atomic E-state index is 0.845. The Balaban J connectivity index is 1.87. The summed E-state index contributed by atoms with van der Waals surface area (Å²) in [4.78, 5) is 1.39. The Kier molecular flexibility index (Phi) is 4.07. The van der Waals surface area contributed by atoms with Crippen LogP contribution in [0.4, 0.5) is 11.4 Å². The molecule has 2 nitrogen and oxygen atoms in total. The molecule has 0 saturated carbocycles. The molecule has 17 heavy (non-hydrogen) atoms. The first-order chi connectivity index (χ1) is 8.15. The molecule has 0 amide bonds. The molecule has 1 heterocycles. The van der Waals surface area contributed by atoms with Crippen molar-refractivity contribution >= 4 is 38.6 Å². The Labute approximate surface area is 114 Å². The number of nitrogen functional groups attached to an aromatic ring is 1. The van der Waals surface area contributed by atoms with Gasteiger partial charge in [0.05, 0.1) is 3.79 Å². The Hall–Kier alpha value is -1.00. The second-order valence-electron chi connectivity index (χ2n) is 3.95. The highest BCUT2D eigenvalue weighted by atomic mass is 79.9. The van der Waals surface area contributed by atoms with Crippen molar-refractivity contribution in [2.45, 2.75) is 13.3 Å². The molecular weight excluding hydrogens is 296 g/mol. The van der Waals surface area contributed by atoms with Crippen LogP contribution >= 0.6 is 27.3 Å². The summed E-state index contributed by atoms with van der Waals surface area (Å²) in [6, 6.07) is 10.3. The lowest BCUT2D eigenvalue weighted by Crippen LogP contribution is -2.04. The first kappa shape index (κ1) is 12.5. The van der Waals surface area contributed by atoms with Crippen LogP contribution in [0.3, 0.4) is 0 Å². The number of anilines is 2. The SMILES string of the molecule is Cc1cc(NCCc2ccc(Br)s2)ccc1N. The van der Waals surface area contributed by atoms with Crippen molar-refractivity contribution in [1.29, 1.82) is 0 Å². The molecule has 0 saturated heterocycles. The van der Waals surface area contributed by atoms with Gasteiger partial charge in [-0.2, -0.15) is 0 Å². The highest BCUT2D eigenvalue weighted by molar-refractivity contribution is 9.11. The summed E-state index contributed by atoms with van der Waals surface area (Å²) < 4.78 is 1.19. The van der Waals surface area contributed by atoms with Gasteiger partial charge in [-0.05, 0) is 65.2 Å². The van der Waals surface area contributed by atoms with Gasteiger partial charge in [-0.15, -0.1) is 11.3 Å². The minimum absolute atomic E-state index is 0.845. The molecule has 0 spiro atoms. The topological polar surface area (TPSA) is 38.0 Å². The molecule has 0 unspecified atom stereocenters. The molecule has 0 atom stereocenters. The lowest BCUT2D eigenvalue weighted by atomic mass is 10.2. The Morgan fingerprint density at radius 1 is 1.29 bits per heavy atom. The van der Waals surface area contributed by atoms with Gasteiger partial charge in [0.1, 0.15) is 0 Å². The van der Waals surface area contributed by atoms with E-state index >= 15 is 0 Å². The third-order valence-electron chi connectivity index (χ3n) is 2.60. The summed E-state index contributed by atoms with van der Waals surface area (Å²) in [5.74, 6) is 0. The zero-order valence-electron chi connectivity index (χ0n) is 9.66. The molecule has 2 aromatic rings. The molecule has 0 radical (unpaired) electrons. The van der Waals surface area contributed by atoms with E-state index < -0.39 is 0 Å². The first-order valence-corrected chi connectivity index (χ1v) is 7.10. The summed E-state index contributed by atoms with van der Waals surface area (Å²) in [5, 5.41) is 3.41. The van der Waals surface area contributed by atoms with Gasteiger partial charge in [0.2, 0.25) is 0 Å². The fraction of sp³-hybridized carbons (Fsp3) is 0.231. The van der Waals surface area contributed by atoms with Crippen LogP contribution in [0.5, 0.6) is 0 Å². The Morgan fingerprint density at radius 2 is 2.12 bits per heavy atom. The fourth-order valence-electron chi connectivity index (χ4n) is 1.60. The largest absolute Gasteiger partial charge is 0.399 e. The summed E-state index contributed by atoms with van der Waals surface area (Å²) in [5.41, 5.74) is 8.88. The van der Waals surface area contributed by atoms with Gasteiger partial charge >= 0.3 is 0 Å². The number of nitrogens with two attached hydrogens (primary N) is 1. The van der Waals surface area contributed by atoms with Crippen molar-refractivity contribution in [1.82, 2.24) is 0 Å². The van der Waals surface area contributed by atoms with Crippen molar-refractivity contribution in [2.75, 3.05) is 17.6 Å². The van der Waals surface area contributed by atoms with Crippen molar-refractivity contribution in [3.05, 3.63) is 44.6 Å². The van der Waals surface area contributed by atoms with Crippen molar-refractivity contribution in [2.24, 2.45) is 0 Å². The Morgan fingerprint density at radius 3 is 2.76 bits per heavy atom. The van der Waals surface area contributed by atoms with E-state index in [0.29, 0.717) is 0 Å². The number of thiophene rings is 1. The molecule has 0 fully saturated rings. The van der Waals surface area contributed by atoms with Gasteiger partial charge in [-0.25, -0.2) is 0 Å². The van der Waals surface area contributed by atoms with Crippen LogP contribution in [0.2, 0.25) is 0 Å². The number of hydrogen-bond donors (Lipinski definition) is 2. The molecule has 0 aliphatic heterocycles. The summed E-state index contributed by atoms with van der Waals surface area (Å²) in [6.07, 6.45) is 1.04. The van der Waals surface area contributed by atoms with Crippen LogP contribution in [0, 0.1) is 6.92 Å². The van der Waals surface area contributed by atoms with E-state index in [9.17, 15) is 0 Å². The van der Waals surface area contributed by atoms with E-state index in [1.807, 2.05) is 19.1 Å². The number of aryl methyl sites for hydroxylation is 1. The van der Waals surface area contributed by atoms with Crippen molar-refractivity contribution in [3.63, 3.8) is 0 Å². The average molecular weight is 311 g/mol. The quantitative estimate of drug-likeness (QED) is 0.836. The van der Waals surface area contributed by atoms with Crippen molar-refractivity contribution < 1.29 is 0 Å². The smallest absolute Gasteiger partial charge is 0.0701 e. The lowest BCUT2D eigenvalue weighted by molar-refractivity contribution is 1.04. The van der Waals surface area contributed by atoms with Crippen LogP contribution in [-0.4, -0.2) is 6.54 Å². The van der Waals surface area contributed by atoms with E-state index in [-0.39, 0.29) is 0 Å². The number of benzene rings is 1. The van der Waals surface area contributed by atoms with Gasteiger partial charge in [0.25, 0.3) is 0 Å². The van der Waals surface area contributed by atoms with E-state index in [1.165, 1.54) is 8.66 Å². The number of hydrogen-bond acceptors (Lipinski definition) is 3. The predicted molar refractivity (Wildman–Crippen MR) is 79.8 cm³/mol. The second-order valence-corrected chi connectivity index (χ2v) is 6.50. The van der Waals surface area contributed by atoms with Gasteiger partial charge in [-0.3, -0.25) is 0 Å². The van der Waals surface area contributed by atoms with Gasteiger partial charge in [-0.1, -0.05) is 0 Å². The van der Waals surface area contributed by atoms with E-state index in [0.717, 1.165) is 29.9 Å². The fourth-order valence-corrected chi connectivity index (χ4v) is 3.08. The Bertz CT molecular complexity index is 508. The number of rotatable bonds is 4. The highest BCUT2D eigenvalue weighted by Crippen LogP contribution is 2.22. The summed E-state index contributed by atoms with van der Waals surface area (Å²) >= 11 is 5.26. The van der Waals surface area contributed by atoms with Gasteiger partial charge in [0.15, 0.2) is 0 Å². The maximum absolute atomic E-state index is 5.78. The third-order valence-corrected chi connectivity index (χ3v) is 4.28. The monoisotopic (exact) mass is 310 g/mol. The average Bonchev–Trinajstić information content (AvgIpc) is 2.70. The van der Waals surface area contributed by atoms with Gasteiger partial charge in [0, 0.05) is 22.8 Å². The minimum Gasteiger partial charge on any atom is -0.399 e. The molecule has 2 rings (SSSR count). The van der Waals surface area contributed by atoms with Crippen LogP contribution in [0.15, 0.2) is 34.1 Å². The molecule has 3 N–H and O–H groups in total. The zero-order valence-corrected chi connectivity index (χ0v) is 12.1. The maximum Gasteiger partial charge on any atom is 0.0701 e. The first-order valence-electron chi connectivity index (χ1n) is 5.49. The molecule has 0 aliphatic carbocycles. The van der Waals surface area contributed by atoms with E-state index in [1.54, 1.807) is 11.3 Å². The van der Waals surface area contributed by atoms with Crippen LogP contribution in [0.1, 0.15) is 10.4 Å². The molecule has 0 aliphatic rings. The summed E-state index contributed by atoms with van der Waals surface area (Å²) in [6.45, 7) is 2.97. The molecule has 4 heteroatoms. The number of nitrogens with one attached hydrogen (secondary N) is 1. The molecule has 1 aromatic carbocycles. The molecule has 1 aromatic heterocycles. The third kappa shape index (κ3) is 3.48. The van der Waals surface area contributed by atoms with Crippen LogP contribution in [-0.2, 0) is 6.42 Å². The lowest BCUT2D eigenvalue weighted by Gasteiger charge is -2.07. The molecule has 0 bridgehead atoms. The highest BCUT2D eigenvalue weighted by Gasteiger charge is 1.99. The molecule has 90 valence electrons. The van der Waals surface area contributed by atoms with E-state index in [4.69, 9.17) is 5.73 Å². The van der Waals surface area contributed by atoms with Crippen LogP contribution < -0.4 is 11.1 Å². The summed E-state index contributed by atoms with van der Waals surface area (Å²) in [7, 11) is 0. The zero-order chi connectivity index (χ0) is 12.3.